The number of nitrogens with zero attached hydrogens (tertiary/aromatic N) is 6. The number of amides is 3. The molecule has 6 aromatic heterocycles. The molecule has 0 saturated carbocycles. The van der Waals surface area contributed by atoms with E-state index in [2.05, 4.69) is 100 Å². The monoisotopic (exact) mass is 1450 g/mol. The first kappa shape index (κ1) is 63.9. The molecule has 3 amide bonds. The van der Waals surface area contributed by atoms with E-state index in [4.69, 9.17) is 23.7 Å². The van der Waals surface area contributed by atoms with Crippen molar-refractivity contribution in [3.05, 3.63) is 178 Å². The van der Waals surface area contributed by atoms with E-state index in [9.17, 15) is 39.6 Å². The summed E-state index contributed by atoms with van der Waals surface area (Å²) in [5, 5.41) is 66.1. The molecular formula is C84H73N9O13S. The molecular weight excluding hydrogens is 1380 g/mol. The number of aliphatic hydroxyl groups is 4. The number of rotatable bonds is 7. The van der Waals surface area contributed by atoms with Gasteiger partial charge in [-0.15, -0.1) is 0 Å². The summed E-state index contributed by atoms with van der Waals surface area (Å²) in [6.07, 6.45) is -0.760. The minimum Gasteiger partial charge on any atom is -0.467 e. The number of nitrogens with one attached hydrogen (secondary N) is 3. The van der Waals surface area contributed by atoms with Crippen molar-refractivity contribution in [3.8, 4) is 0 Å². The lowest BCUT2D eigenvalue weighted by atomic mass is 9.88. The molecule has 15 heterocycles. The second kappa shape index (κ2) is 21.1. The van der Waals surface area contributed by atoms with Gasteiger partial charge in [-0.05, 0) is 104 Å². The Morgan fingerprint density at radius 2 is 0.907 bits per heavy atom. The lowest BCUT2D eigenvalue weighted by Gasteiger charge is -2.41. The highest BCUT2D eigenvalue weighted by Crippen LogP contribution is 2.62. The topological polar surface area (TPSA) is 261 Å². The summed E-state index contributed by atoms with van der Waals surface area (Å²) < 4.78 is 44.4. The van der Waals surface area contributed by atoms with Crippen molar-refractivity contribution < 1.29 is 63.3 Å². The molecule has 9 aliphatic rings. The molecule has 9 atom stereocenters. The Kier molecular flexibility index (Phi) is 12.6. The second-order valence-electron chi connectivity index (χ2n) is 30.8. The van der Waals surface area contributed by atoms with Gasteiger partial charge in [0.2, 0.25) is 5.60 Å². The number of fused-ring (bicyclic) bond motifs is 39. The third kappa shape index (κ3) is 7.32. The fourth-order valence-corrected chi connectivity index (χ4v) is 21.9. The minimum atomic E-state index is -1.94. The Morgan fingerprint density at radius 3 is 1.41 bits per heavy atom. The number of esters is 1. The molecule has 538 valence electrons. The molecule has 0 aliphatic carbocycles. The number of methoxy groups -OCH3 is 2. The average Bonchev–Trinajstić information content (AvgIpc) is 1.50. The lowest BCUT2D eigenvalue weighted by molar-refractivity contribution is -0.202. The smallest absolute Gasteiger partial charge is 0.343 e. The summed E-state index contributed by atoms with van der Waals surface area (Å²) in [6, 6.07) is 45.1. The maximum absolute atomic E-state index is 13.5. The van der Waals surface area contributed by atoms with Crippen molar-refractivity contribution in [2.24, 2.45) is 0 Å². The van der Waals surface area contributed by atoms with Gasteiger partial charge in [-0.3, -0.25) is 14.4 Å². The first-order valence-electron chi connectivity index (χ1n) is 36.6. The van der Waals surface area contributed by atoms with E-state index >= 15 is 0 Å². The molecule has 0 spiro atoms. The van der Waals surface area contributed by atoms with Gasteiger partial charge in [-0.1, -0.05) is 97.4 Å². The number of aliphatic hydroxyl groups excluding tert-OH is 2. The van der Waals surface area contributed by atoms with E-state index in [1.807, 2.05) is 116 Å². The van der Waals surface area contributed by atoms with E-state index < -0.39 is 59.0 Å². The quantitative estimate of drug-likeness (QED) is 0.0732. The first-order chi connectivity index (χ1) is 51.8. The number of ether oxygens (including phenoxy) is 5. The Bertz CT molecular complexity index is 6730. The van der Waals surface area contributed by atoms with Crippen LogP contribution in [0.4, 0.5) is 0 Å². The van der Waals surface area contributed by atoms with Gasteiger partial charge in [-0.2, -0.15) is 11.8 Å². The number of aryl methyl sites for hydroxylation is 1. The van der Waals surface area contributed by atoms with Crippen LogP contribution >= 0.6 is 11.8 Å². The van der Waals surface area contributed by atoms with E-state index in [1.54, 1.807) is 14.0 Å². The molecule has 7 N–H and O–H groups in total. The number of carbonyl (C=O) groups excluding carboxylic acids is 4. The molecule has 0 radical (unpaired) electrons. The molecule has 15 aromatic rings. The normalized spacial score (nSPS) is 26.6. The molecule has 22 nitrogen and oxygen atoms in total. The third-order valence-corrected chi connectivity index (χ3v) is 27.0. The SMILES string of the molecule is CC12OC(CC1(O)CO)n1c3ccccc3c3c4c(c5c6ccccc6n2c5c31)CNC4=O.CCSCc1ccc2c(c1)c1c3c(c4c5cc(C)ccc5n5c4c1n2C1(C)OC5CC1(O)C(=O)OC)C(=O)NC3.COC1(CO)CC2OC1(C)n1c3ccccc3c3c4c(c5c6ccccc6n2c5c31)C(=O)NC4. The molecule has 3 fully saturated rings. The van der Waals surface area contributed by atoms with Crippen LogP contribution in [0, 0.1) is 6.92 Å². The Balaban J connectivity index is 0.000000100. The van der Waals surface area contributed by atoms with Gasteiger partial charge in [0.15, 0.2) is 17.2 Å². The van der Waals surface area contributed by atoms with Crippen molar-refractivity contribution in [3.63, 3.8) is 0 Å². The molecule has 107 heavy (non-hydrogen) atoms. The van der Waals surface area contributed by atoms with Crippen LogP contribution in [0.25, 0.3) is 131 Å². The Morgan fingerprint density at radius 1 is 0.495 bits per heavy atom. The summed E-state index contributed by atoms with van der Waals surface area (Å²) in [5.41, 5.74) is 10.8. The van der Waals surface area contributed by atoms with Gasteiger partial charge < -0.3 is 87.5 Å². The summed E-state index contributed by atoms with van der Waals surface area (Å²) in [5.74, 6) is 0.979. The third-order valence-electron chi connectivity index (χ3n) is 26.1. The van der Waals surface area contributed by atoms with E-state index in [1.165, 1.54) is 12.7 Å². The summed E-state index contributed by atoms with van der Waals surface area (Å²) in [7, 11) is 2.95. The van der Waals surface area contributed by atoms with Crippen LogP contribution in [-0.2, 0) is 71.0 Å². The number of benzene rings is 9. The molecule has 9 aliphatic heterocycles. The highest BCUT2D eigenvalue weighted by Gasteiger charge is 2.67. The van der Waals surface area contributed by atoms with Crippen molar-refractivity contribution in [2.75, 3.05) is 33.2 Å². The van der Waals surface area contributed by atoms with Crippen molar-refractivity contribution in [1.29, 1.82) is 0 Å². The van der Waals surface area contributed by atoms with Gasteiger partial charge in [0.1, 0.15) is 29.9 Å². The average molecular weight is 1450 g/mol. The number of hydrogen-bond donors (Lipinski definition) is 7. The molecule has 23 heteroatoms. The minimum absolute atomic E-state index is 0.0119. The zero-order chi connectivity index (χ0) is 73.0. The zero-order valence-electron chi connectivity index (χ0n) is 59.6. The number of hydrogen-bond acceptors (Lipinski definition) is 14. The van der Waals surface area contributed by atoms with Crippen LogP contribution < -0.4 is 16.0 Å². The number of aromatic nitrogens is 6. The maximum Gasteiger partial charge on any atom is 0.343 e. The molecule has 9 aromatic carbocycles. The van der Waals surface area contributed by atoms with Crippen LogP contribution in [0.2, 0.25) is 0 Å². The van der Waals surface area contributed by atoms with Gasteiger partial charge in [0, 0.05) is 116 Å². The molecule has 3 saturated heterocycles. The van der Waals surface area contributed by atoms with Gasteiger partial charge in [0.05, 0.1) is 103 Å². The standard InChI is InChI=1S/C31H29N3O5S.C27H23N3O4.C26H21N3O4/c1-5-40-14-16-7-9-21-18(11-16)23-19-13-32-28(35)25(19)24-17-10-15(2)6-8-20(17)33-22-12-31(37,29(36)38-4)30(3,39-22)34(21)27(23)26(24)33;1-26-27(13-31,33-2)11-19(34-26)29-17-9-5-3-7-14(17)21-22-16(12-28-25(22)32)20-15-8-4-6-10-18(15)30(26)24(20)23(21)29;1-25-26(32,12-30)10-18(33-25)28-16-8-4-2-6-13(16)20-21-15(11-27-24(21)31)19-14-7-3-5-9-17(14)29(25)23(19)22(20)28/h6-11,22,37H,5,12-14H2,1-4H3,(H,32,35);3-10,19,31H,11-13H2,1-2H3,(H,28,32);2-9,18,30,32H,10-12H2,1H3,(H,27,31). The zero-order valence-corrected chi connectivity index (χ0v) is 60.4. The number of thioether (sulfide) groups is 1. The van der Waals surface area contributed by atoms with Crippen LogP contribution in [0.5, 0.6) is 0 Å². The van der Waals surface area contributed by atoms with Crippen LogP contribution in [0.1, 0.15) is 125 Å². The van der Waals surface area contributed by atoms with Gasteiger partial charge >= 0.3 is 5.97 Å². The maximum atomic E-state index is 13.5. The van der Waals surface area contributed by atoms with E-state index in [0.29, 0.717) is 31.6 Å². The summed E-state index contributed by atoms with van der Waals surface area (Å²) >= 11 is 1.85. The predicted octanol–water partition coefficient (Wildman–Crippen LogP) is 12.8. The summed E-state index contributed by atoms with van der Waals surface area (Å²) in [6.45, 7) is 10.6. The fraction of sp³-hybridized carbons (Fsp3) is 0.310. The van der Waals surface area contributed by atoms with Crippen molar-refractivity contribution in [1.82, 2.24) is 43.4 Å². The van der Waals surface area contributed by atoms with Crippen molar-refractivity contribution >= 4 is 166 Å². The van der Waals surface area contributed by atoms with Crippen LogP contribution in [-0.4, -0.2) is 122 Å². The lowest BCUT2D eigenvalue weighted by Crippen LogP contribution is -2.56. The molecule has 24 rings (SSSR count). The summed E-state index contributed by atoms with van der Waals surface area (Å²) in [4.78, 5) is 53.2. The second-order valence-corrected chi connectivity index (χ2v) is 32.1. The van der Waals surface area contributed by atoms with E-state index in [0.717, 1.165) is 176 Å². The van der Waals surface area contributed by atoms with Crippen molar-refractivity contribution in [2.45, 2.75) is 132 Å². The first-order valence-corrected chi connectivity index (χ1v) is 37.8. The number of para-hydroxylation sites is 4. The Labute approximate surface area is 612 Å². The highest BCUT2D eigenvalue weighted by atomic mass is 32.2. The highest BCUT2D eigenvalue weighted by molar-refractivity contribution is 7.98. The largest absolute Gasteiger partial charge is 0.467 e. The number of carbonyl (C=O) groups is 4. The van der Waals surface area contributed by atoms with Gasteiger partial charge in [-0.25, -0.2) is 4.79 Å². The fourth-order valence-electron chi connectivity index (χ4n) is 21.3. The van der Waals surface area contributed by atoms with Crippen LogP contribution in [0.3, 0.4) is 0 Å². The molecule has 9 unspecified atom stereocenters. The Hall–Kier alpha value is -10.3. The predicted molar refractivity (Wildman–Crippen MR) is 408 cm³/mol. The van der Waals surface area contributed by atoms with Crippen LogP contribution in [0.15, 0.2) is 133 Å². The van der Waals surface area contributed by atoms with Gasteiger partial charge in [0.25, 0.3) is 17.7 Å². The molecule has 6 bridgehead atoms. The van der Waals surface area contributed by atoms with E-state index in [-0.39, 0.29) is 43.4 Å².